The van der Waals surface area contributed by atoms with Gasteiger partial charge in [0, 0.05) is 23.4 Å². The fourth-order valence-electron chi connectivity index (χ4n) is 4.46. The smallest absolute Gasteiger partial charge is 0.262 e. The lowest BCUT2D eigenvalue weighted by Crippen LogP contribution is -2.27. The molecule has 0 saturated carbocycles. The van der Waals surface area contributed by atoms with E-state index < -0.39 is 0 Å². The van der Waals surface area contributed by atoms with Crippen LogP contribution in [0.5, 0.6) is 17.2 Å². The van der Waals surface area contributed by atoms with Crippen molar-refractivity contribution in [1.82, 2.24) is 14.8 Å². The molecule has 1 fully saturated rings. The highest BCUT2D eigenvalue weighted by molar-refractivity contribution is 6.13. The Morgan fingerprint density at radius 3 is 2.83 bits per heavy atom. The third-order valence-corrected chi connectivity index (χ3v) is 5.87. The summed E-state index contributed by atoms with van der Waals surface area (Å²) in [6.45, 7) is 1.33. The summed E-state index contributed by atoms with van der Waals surface area (Å²) in [4.78, 5) is 13.7. The number of benzene rings is 2. The molecule has 0 N–H and O–H groups in total. The first-order valence-electron chi connectivity index (χ1n) is 9.95. The van der Waals surface area contributed by atoms with Crippen LogP contribution < -0.4 is 19.8 Å². The molecule has 2 aliphatic rings. The number of pyridine rings is 1. The average Bonchev–Trinajstić information content (AvgIpc) is 3.45. The van der Waals surface area contributed by atoms with Gasteiger partial charge < -0.3 is 23.5 Å². The lowest BCUT2D eigenvalue weighted by Gasteiger charge is -2.18. The number of nitrogens with zero attached hydrogens (tertiary/aromatic N) is 3. The Kier molecular flexibility index (Phi) is 3.82. The summed E-state index contributed by atoms with van der Waals surface area (Å²) in [6.07, 6.45) is 1.89. The highest BCUT2D eigenvalue weighted by atomic mass is 16.7. The highest BCUT2D eigenvalue weighted by Gasteiger charge is 2.24. The SMILES string of the molecule is COc1cccc2c1c(=O)n(CC1CCCO1)c1c3cc4c(cc3nnc21)OCO4. The molecule has 152 valence electrons. The Morgan fingerprint density at radius 1 is 1.17 bits per heavy atom. The molecule has 1 atom stereocenters. The van der Waals surface area contributed by atoms with Crippen molar-refractivity contribution in [2.45, 2.75) is 25.5 Å². The molecule has 0 spiro atoms. The van der Waals surface area contributed by atoms with Gasteiger partial charge in [0.2, 0.25) is 6.79 Å². The van der Waals surface area contributed by atoms with Crippen LogP contribution in [0, 0.1) is 0 Å². The second-order valence-electron chi connectivity index (χ2n) is 7.55. The van der Waals surface area contributed by atoms with Crippen molar-refractivity contribution in [3.05, 3.63) is 40.7 Å². The average molecular weight is 405 g/mol. The van der Waals surface area contributed by atoms with Crippen molar-refractivity contribution in [3.63, 3.8) is 0 Å². The number of rotatable bonds is 3. The van der Waals surface area contributed by atoms with Crippen LogP contribution in [0.2, 0.25) is 0 Å². The Bertz CT molecular complexity index is 1370. The Labute approximate surface area is 170 Å². The molecule has 2 aliphatic heterocycles. The molecule has 2 aromatic heterocycles. The van der Waals surface area contributed by atoms with Gasteiger partial charge in [-0.25, -0.2) is 0 Å². The van der Waals surface area contributed by atoms with Crippen molar-refractivity contribution >= 4 is 32.7 Å². The summed E-state index contributed by atoms with van der Waals surface area (Å²) in [7, 11) is 1.57. The zero-order valence-corrected chi connectivity index (χ0v) is 16.4. The van der Waals surface area contributed by atoms with E-state index in [1.165, 1.54) is 0 Å². The van der Waals surface area contributed by atoms with Crippen molar-refractivity contribution < 1.29 is 18.9 Å². The lowest BCUT2D eigenvalue weighted by molar-refractivity contribution is 0.0973. The topological polar surface area (TPSA) is 84.7 Å². The third kappa shape index (κ3) is 2.46. The standard InChI is InChI=1S/C22H19N3O5/c1-27-16-6-2-5-13-19(16)22(26)25(10-12-4-3-7-28-12)21-14-8-17-18(30-11-29-17)9-15(14)23-24-20(13)21/h2,5-6,8-9,12H,3-4,7,10-11H2,1H3. The van der Waals surface area contributed by atoms with E-state index in [1.807, 2.05) is 18.2 Å². The molecule has 0 radical (unpaired) electrons. The van der Waals surface area contributed by atoms with Gasteiger partial charge in [-0.15, -0.1) is 10.2 Å². The molecule has 4 heterocycles. The molecular weight excluding hydrogens is 386 g/mol. The largest absolute Gasteiger partial charge is 0.496 e. The second kappa shape index (κ2) is 6.56. The Morgan fingerprint density at radius 2 is 2.03 bits per heavy atom. The summed E-state index contributed by atoms with van der Waals surface area (Å²) in [6, 6.07) is 9.22. The molecule has 6 rings (SSSR count). The van der Waals surface area contributed by atoms with Crippen LogP contribution in [0.1, 0.15) is 12.8 Å². The minimum absolute atomic E-state index is 0.0183. The predicted octanol–water partition coefficient (Wildman–Crippen LogP) is 3.01. The van der Waals surface area contributed by atoms with Gasteiger partial charge in [-0.05, 0) is 25.0 Å². The maximum atomic E-state index is 13.7. The minimum atomic E-state index is -0.127. The van der Waals surface area contributed by atoms with Crippen molar-refractivity contribution in [1.29, 1.82) is 0 Å². The van der Waals surface area contributed by atoms with Crippen LogP contribution in [-0.2, 0) is 11.3 Å². The van der Waals surface area contributed by atoms with Crippen LogP contribution >= 0.6 is 0 Å². The van der Waals surface area contributed by atoms with Gasteiger partial charge >= 0.3 is 0 Å². The van der Waals surface area contributed by atoms with E-state index in [0.717, 1.165) is 23.7 Å². The van der Waals surface area contributed by atoms with Gasteiger partial charge in [0.15, 0.2) is 11.5 Å². The van der Waals surface area contributed by atoms with E-state index in [-0.39, 0.29) is 18.5 Å². The molecule has 4 aromatic rings. The van der Waals surface area contributed by atoms with Crippen molar-refractivity contribution in [3.8, 4) is 17.2 Å². The normalized spacial score (nSPS) is 18.0. The first-order valence-corrected chi connectivity index (χ1v) is 9.95. The molecule has 8 heteroatoms. The number of methoxy groups -OCH3 is 1. The quantitative estimate of drug-likeness (QED) is 0.485. The van der Waals surface area contributed by atoms with Gasteiger partial charge in [0.1, 0.15) is 11.3 Å². The monoisotopic (exact) mass is 405 g/mol. The summed E-state index contributed by atoms with van der Waals surface area (Å²) in [5.74, 6) is 1.79. The first-order chi connectivity index (χ1) is 14.7. The number of aromatic nitrogens is 3. The zero-order chi connectivity index (χ0) is 20.2. The summed E-state index contributed by atoms with van der Waals surface area (Å²) in [5.41, 5.74) is 1.89. The maximum Gasteiger partial charge on any atom is 0.262 e. The molecule has 30 heavy (non-hydrogen) atoms. The van der Waals surface area contributed by atoms with E-state index in [0.29, 0.717) is 52.2 Å². The molecule has 1 unspecified atom stereocenters. The number of fused-ring (bicyclic) bond motifs is 6. The molecule has 0 aliphatic carbocycles. The third-order valence-electron chi connectivity index (χ3n) is 5.87. The second-order valence-corrected chi connectivity index (χ2v) is 7.55. The van der Waals surface area contributed by atoms with Gasteiger partial charge in [-0.2, -0.15) is 0 Å². The Hall–Kier alpha value is -3.39. The van der Waals surface area contributed by atoms with Crippen LogP contribution in [-0.4, -0.2) is 41.4 Å². The van der Waals surface area contributed by atoms with Crippen LogP contribution in [0.3, 0.4) is 0 Å². The molecule has 1 saturated heterocycles. The fraction of sp³-hybridized carbons (Fsp3) is 0.318. The molecule has 0 bridgehead atoms. The molecule has 8 nitrogen and oxygen atoms in total. The van der Waals surface area contributed by atoms with Crippen molar-refractivity contribution in [2.24, 2.45) is 0 Å². The summed E-state index contributed by atoms with van der Waals surface area (Å²) >= 11 is 0. The van der Waals surface area contributed by atoms with Gasteiger partial charge in [-0.1, -0.05) is 12.1 Å². The number of hydrogen-bond donors (Lipinski definition) is 0. The first kappa shape index (κ1) is 17.5. The van der Waals surface area contributed by atoms with Crippen LogP contribution in [0.25, 0.3) is 32.7 Å². The van der Waals surface area contributed by atoms with Gasteiger partial charge in [-0.3, -0.25) is 4.79 Å². The minimum Gasteiger partial charge on any atom is -0.496 e. The van der Waals surface area contributed by atoms with Gasteiger partial charge in [0.05, 0.1) is 36.2 Å². The van der Waals surface area contributed by atoms with Crippen molar-refractivity contribution in [2.75, 3.05) is 20.5 Å². The van der Waals surface area contributed by atoms with Crippen LogP contribution in [0.15, 0.2) is 35.1 Å². The highest BCUT2D eigenvalue weighted by Crippen LogP contribution is 2.38. The fourth-order valence-corrected chi connectivity index (χ4v) is 4.46. The van der Waals surface area contributed by atoms with Crippen LogP contribution in [0.4, 0.5) is 0 Å². The Balaban J connectivity index is 1.77. The summed E-state index contributed by atoms with van der Waals surface area (Å²) < 4.78 is 24.2. The molecular formula is C22H19N3O5. The predicted molar refractivity (Wildman–Crippen MR) is 110 cm³/mol. The van der Waals surface area contributed by atoms with Gasteiger partial charge in [0.25, 0.3) is 5.56 Å². The van der Waals surface area contributed by atoms with E-state index in [1.54, 1.807) is 23.8 Å². The zero-order valence-electron chi connectivity index (χ0n) is 16.4. The molecule has 0 amide bonds. The molecule has 2 aromatic carbocycles. The van der Waals surface area contributed by atoms with E-state index in [2.05, 4.69) is 10.2 Å². The maximum absolute atomic E-state index is 13.7. The van der Waals surface area contributed by atoms with E-state index >= 15 is 0 Å². The summed E-state index contributed by atoms with van der Waals surface area (Å²) in [5, 5.41) is 10.9. The number of ether oxygens (including phenoxy) is 4. The van der Waals surface area contributed by atoms with E-state index in [9.17, 15) is 4.79 Å². The van der Waals surface area contributed by atoms with E-state index in [4.69, 9.17) is 18.9 Å². The lowest BCUT2D eigenvalue weighted by atomic mass is 10.1. The number of hydrogen-bond acceptors (Lipinski definition) is 7.